The Morgan fingerprint density at radius 3 is 2.72 bits per heavy atom. The van der Waals surface area contributed by atoms with Gasteiger partial charge in [-0.2, -0.15) is 11.8 Å². The van der Waals surface area contributed by atoms with E-state index in [-0.39, 0.29) is 12.1 Å². The van der Waals surface area contributed by atoms with Crippen LogP contribution in [-0.2, 0) is 4.79 Å². The van der Waals surface area contributed by atoms with Crippen LogP contribution in [0.2, 0.25) is 0 Å². The number of amides is 2. The summed E-state index contributed by atoms with van der Waals surface area (Å²) >= 11 is 1.78. The summed E-state index contributed by atoms with van der Waals surface area (Å²) in [5.74, 6) is -0.893. The van der Waals surface area contributed by atoms with Crippen LogP contribution in [0, 0.1) is 0 Å². The highest BCUT2D eigenvalue weighted by atomic mass is 32.2. The lowest BCUT2D eigenvalue weighted by molar-refractivity contribution is -0.141. The predicted octanol–water partition coefficient (Wildman–Crippen LogP) is 1.53. The van der Waals surface area contributed by atoms with Crippen molar-refractivity contribution < 1.29 is 14.7 Å². The Morgan fingerprint density at radius 2 is 2.06 bits per heavy atom. The highest BCUT2D eigenvalue weighted by molar-refractivity contribution is 7.99. The molecule has 0 bridgehead atoms. The van der Waals surface area contributed by atoms with Gasteiger partial charge in [-0.3, -0.25) is 0 Å². The van der Waals surface area contributed by atoms with Gasteiger partial charge in [0, 0.05) is 17.8 Å². The van der Waals surface area contributed by atoms with E-state index < -0.39 is 12.0 Å². The quantitative estimate of drug-likeness (QED) is 0.817. The molecule has 6 heteroatoms. The van der Waals surface area contributed by atoms with Crippen molar-refractivity contribution in [3.63, 3.8) is 0 Å². The number of likely N-dealkylation sites (tertiary alicyclic amines) is 1. The van der Waals surface area contributed by atoms with Crippen molar-refractivity contribution >= 4 is 23.8 Å². The molecule has 18 heavy (non-hydrogen) atoms. The second-order valence-corrected chi connectivity index (χ2v) is 6.03. The third-order valence-corrected chi connectivity index (χ3v) is 5.03. The van der Waals surface area contributed by atoms with Crippen molar-refractivity contribution in [2.45, 2.75) is 49.4 Å². The van der Waals surface area contributed by atoms with E-state index >= 15 is 0 Å². The second kappa shape index (κ2) is 5.82. The molecule has 0 aromatic heterocycles. The first-order chi connectivity index (χ1) is 8.63. The molecule has 1 aliphatic heterocycles. The summed E-state index contributed by atoms with van der Waals surface area (Å²) in [6, 6.07) is -0.646. The average molecular weight is 272 g/mol. The van der Waals surface area contributed by atoms with Gasteiger partial charge in [-0.15, -0.1) is 0 Å². The second-order valence-electron chi connectivity index (χ2n) is 4.95. The number of carboxylic acids is 1. The zero-order chi connectivity index (χ0) is 13.1. The highest BCUT2D eigenvalue weighted by Gasteiger charge is 2.36. The molecular formula is C12H20N2O3S. The molecule has 0 aromatic carbocycles. The van der Waals surface area contributed by atoms with Gasteiger partial charge in [0.1, 0.15) is 6.04 Å². The van der Waals surface area contributed by atoms with Crippen molar-refractivity contribution in [1.82, 2.24) is 10.2 Å². The minimum atomic E-state index is -0.893. The smallest absolute Gasteiger partial charge is 0.326 e. The number of carbonyl (C=O) groups is 2. The summed E-state index contributed by atoms with van der Waals surface area (Å²) in [5.41, 5.74) is 0. The van der Waals surface area contributed by atoms with Crippen molar-refractivity contribution in [3.05, 3.63) is 0 Å². The number of urea groups is 1. The summed E-state index contributed by atoms with van der Waals surface area (Å²) in [6.45, 7) is 0.555. The summed E-state index contributed by atoms with van der Waals surface area (Å²) in [6.07, 6.45) is 6.68. The summed E-state index contributed by atoms with van der Waals surface area (Å²) in [4.78, 5) is 24.6. The molecule has 102 valence electrons. The summed E-state index contributed by atoms with van der Waals surface area (Å²) < 4.78 is 0. The molecule has 2 rings (SSSR count). The molecule has 1 saturated heterocycles. The molecule has 2 aliphatic rings. The van der Waals surface area contributed by atoms with E-state index in [0.717, 1.165) is 25.7 Å². The van der Waals surface area contributed by atoms with Crippen molar-refractivity contribution in [3.8, 4) is 0 Å². The lowest BCUT2D eigenvalue weighted by Gasteiger charge is -2.26. The zero-order valence-corrected chi connectivity index (χ0v) is 11.4. The van der Waals surface area contributed by atoms with Crippen LogP contribution in [0.5, 0.6) is 0 Å². The number of hydrogen-bond acceptors (Lipinski definition) is 3. The molecule has 1 saturated carbocycles. The number of carboxylic acid groups (broad SMARTS) is 1. The van der Waals surface area contributed by atoms with Crippen molar-refractivity contribution in [2.24, 2.45) is 0 Å². The SMILES string of the molecule is CSC1CCCC1NC(=O)N1CCCC1C(=O)O. The molecule has 0 spiro atoms. The number of carbonyl (C=O) groups excluding carboxylic acids is 1. The molecule has 3 atom stereocenters. The summed E-state index contributed by atoms with van der Waals surface area (Å²) in [5, 5.41) is 12.5. The standard InChI is InChI=1S/C12H20N2O3S/c1-18-10-6-2-4-8(10)13-12(17)14-7-3-5-9(14)11(15)16/h8-10H,2-7H2,1H3,(H,13,17)(H,15,16). The molecular weight excluding hydrogens is 252 g/mol. The fourth-order valence-electron chi connectivity index (χ4n) is 2.88. The van der Waals surface area contributed by atoms with E-state index in [4.69, 9.17) is 5.11 Å². The number of aliphatic carboxylic acids is 1. The first-order valence-electron chi connectivity index (χ1n) is 6.46. The zero-order valence-electron chi connectivity index (χ0n) is 10.6. The first-order valence-corrected chi connectivity index (χ1v) is 7.75. The Bertz CT molecular complexity index is 337. The lowest BCUT2D eigenvalue weighted by atomic mass is 10.2. The molecule has 2 fully saturated rings. The predicted molar refractivity (Wildman–Crippen MR) is 70.8 cm³/mol. The third kappa shape index (κ3) is 2.74. The van der Waals surface area contributed by atoms with Gasteiger partial charge in [-0.25, -0.2) is 9.59 Å². The fraction of sp³-hybridized carbons (Fsp3) is 0.833. The normalized spacial score (nSPS) is 31.6. The van der Waals surface area contributed by atoms with E-state index in [1.54, 1.807) is 11.8 Å². The van der Waals surface area contributed by atoms with Gasteiger partial charge < -0.3 is 15.3 Å². The van der Waals surface area contributed by atoms with Gasteiger partial charge in [-0.1, -0.05) is 6.42 Å². The Balaban J connectivity index is 1.93. The molecule has 1 heterocycles. The lowest BCUT2D eigenvalue weighted by Crippen LogP contribution is -2.50. The average Bonchev–Trinajstić information content (AvgIpc) is 2.96. The number of nitrogens with zero attached hydrogens (tertiary/aromatic N) is 1. The molecule has 5 nitrogen and oxygen atoms in total. The topological polar surface area (TPSA) is 69.6 Å². The largest absolute Gasteiger partial charge is 0.480 e. The minimum absolute atomic E-state index is 0.197. The summed E-state index contributed by atoms with van der Waals surface area (Å²) in [7, 11) is 0. The highest BCUT2D eigenvalue weighted by Crippen LogP contribution is 2.29. The molecule has 2 amide bonds. The Morgan fingerprint density at radius 1 is 1.28 bits per heavy atom. The maximum absolute atomic E-state index is 12.1. The molecule has 0 aromatic rings. The third-order valence-electron chi connectivity index (χ3n) is 3.86. The van der Waals surface area contributed by atoms with Crippen LogP contribution in [0.3, 0.4) is 0 Å². The van der Waals surface area contributed by atoms with Crippen LogP contribution < -0.4 is 5.32 Å². The van der Waals surface area contributed by atoms with E-state index in [0.29, 0.717) is 18.2 Å². The van der Waals surface area contributed by atoms with E-state index in [1.165, 1.54) is 4.90 Å². The minimum Gasteiger partial charge on any atom is -0.480 e. The van der Waals surface area contributed by atoms with E-state index in [1.807, 2.05) is 0 Å². The maximum atomic E-state index is 12.1. The number of nitrogens with one attached hydrogen (secondary N) is 1. The molecule has 1 aliphatic carbocycles. The Hall–Kier alpha value is -0.910. The fourth-order valence-corrected chi connectivity index (χ4v) is 3.82. The van der Waals surface area contributed by atoms with Crippen LogP contribution >= 0.6 is 11.8 Å². The van der Waals surface area contributed by atoms with Gasteiger partial charge in [0.05, 0.1) is 0 Å². The van der Waals surface area contributed by atoms with Gasteiger partial charge >= 0.3 is 12.0 Å². The van der Waals surface area contributed by atoms with Gasteiger partial charge in [0.2, 0.25) is 0 Å². The van der Waals surface area contributed by atoms with Crippen LogP contribution in [-0.4, -0.2) is 52.1 Å². The van der Waals surface area contributed by atoms with E-state index in [2.05, 4.69) is 11.6 Å². The van der Waals surface area contributed by atoms with Crippen molar-refractivity contribution in [1.29, 1.82) is 0 Å². The molecule has 0 radical (unpaired) electrons. The molecule has 3 unspecified atom stereocenters. The monoisotopic (exact) mass is 272 g/mol. The maximum Gasteiger partial charge on any atom is 0.326 e. The first kappa shape index (κ1) is 13.5. The van der Waals surface area contributed by atoms with E-state index in [9.17, 15) is 9.59 Å². The van der Waals surface area contributed by atoms with Crippen LogP contribution in [0.15, 0.2) is 0 Å². The Kier molecular flexibility index (Phi) is 4.37. The number of rotatable bonds is 3. The number of hydrogen-bond donors (Lipinski definition) is 2. The number of thioether (sulfide) groups is 1. The van der Waals surface area contributed by atoms with Gasteiger partial charge in [0.15, 0.2) is 0 Å². The van der Waals surface area contributed by atoms with Gasteiger partial charge in [-0.05, 0) is 31.9 Å². The van der Waals surface area contributed by atoms with Crippen LogP contribution in [0.4, 0.5) is 4.79 Å². The molecule has 2 N–H and O–H groups in total. The Labute approximate surface area is 111 Å². The van der Waals surface area contributed by atoms with Crippen molar-refractivity contribution in [2.75, 3.05) is 12.8 Å². The van der Waals surface area contributed by atoms with Gasteiger partial charge in [0.25, 0.3) is 0 Å². The van der Waals surface area contributed by atoms with Crippen LogP contribution in [0.25, 0.3) is 0 Å². The van der Waals surface area contributed by atoms with Crippen LogP contribution in [0.1, 0.15) is 32.1 Å².